The van der Waals surface area contributed by atoms with Gasteiger partial charge in [0.2, 0.25) is 0 Å². The van der Waals surface area contributed by atoms with E-state index in [1.165, 1.54) is 11.0 Å². The maximum atomic E-state index is 13.6. The van der Waals surface area contributed by atoms with E-state index in [9.17, 15) is 19.5 Å². The van der Waals surface area contributed by atoms with Crippen molar-refractivity contribution in [2.24, 2.45) is 0 Å². The highest BCUT2D eigenvalue weighted by molar-refractivity contribution is 7.17. The molecule has 218 valence electrons. The van der Waals surface area contributed by atoms with Crippen molar-refractivity contribution in [3.05, 3.63) is 129 Å². The third kappa shape index (κ3) is 5.98. The van der Waals surface area contributed by atoms with E-state index in [4.69, 9.17) is 9.47 Å². The summed E-state index contributed by atoms with van der Waals surface area (Å²) in [5, 5.41) is 11.8. The number of carbonyl (C=O) groups excluding carboxylic acids is 3. The highest BCUT2D eigenvalue weighted by Crippen LogP contribution is 2.44. The Morgan fingerprint density at radius 2 is 1.77 bits per heavy atom. The first kappa shape index (κ1) is 29.5. The van der Waals surface area contributed by atoms with Crippen LogP contribution in [0.1, 0.15) is 49.2 Å². The van der Waals surface area contributed by atoms with Crippen LogP contribution in [-0.4, -0.2) is 34.4 Å². The van der Waals surface area contributed by atoms with Crippen molar-refractivity contribution >= 4 is 39.9 Å². The lowest BCUT2D eigenvalue weighted by Gasteiger charge is -2.23. The van der Waals surface area contributed by atoms with Gasteiger partial charge in [-0.05, 0) is 55.7 Å². The minimum absolute atomic E-state index is 0.0226. The number of anilines is 1. The van der Waals surface area contributed by atoms with Crippen molar-refractivity contribution in [3.63, 3.8) is 0 Å². The minimum atomic E-state index is -0.975. The molecular formula is C34H30N2O6S. The SMILES string of the molecule is C=CCOC(=O)c1sc(N2C(=O)C(=O)/C(=C(/O)c3ccc(OCc4ccccc4)cc3C)C2c2ccc(C)cc2)nc1C. The third-order valence-electron chi connectivity index (χ3n) is 7.05. The van der Waals surface area contributed by atoms with Crippen molar-refractivity contribution in [1.29, 1.82) is 0 Å². The van der Waals surface area contributed by atoms with Crippen molar-refractivity contribution in [2.45, 2.75) is 33.4 Å². The average Bonchev–Trinajstić information content (AvgIpc) is 3.51. The number of amides is 1. The monoisotopic (exact) mass is 594 g/mol. The molecule has 5 rings (SSSR count). The van der Waals surface area contributed by atoms with Crippen molar-refractivity contribution in [3.8, 4) is 5.75 Å². The van der Waals surface area contributed by atoms with Crippen LogP contribution < -0.4 is 9.64 Å². The van der Waals surface area contributed by atoms with Crippen molar-refractivity contribution < 1.29 is 29.0 Å². The number of ether oxygens (including phenoxy) is 2. The molecule has 1 aliphatic rings. The summed E-state index contributed by atoms with van der Waals surface area (Å²) in [4.78, 5) is 45.7. The fourth-order valence-electron chi connectivity index (χ4n) is 4.85. The van der Waals surface area contributed by atoms with Crippen LogP contribution in [0.2, 0.25) is 0 Å². The number of esters is 1. The second-order valence-corrected chi connectivity index (χ2v) is 11.1. The number of thiazole rings is 1. The van der Waals surface area contributed by atoms with Gasteiger partial charge in [-0.2, -0.15) is 0 Å². The largest absolute Gasteiger partial charge is 0.507 e. The molecule has 0 radical (unpaired) electrons. The zero-order chi connectivity index (χ0) is 30.7. The van der Waals surface area contributed by atoms with Crippen LogP contribution >= 0.6 is 11.3 Å². The molecule has 8 nitrogen and oxygen atoms in total. The molecular weight excluding hydrogens is 564 g/mol. The van der Waals surface area contributed by atoms with Crippen molar-refractivity contribution in [2.75, 3.05) is 11.5 Å². The Morgan fingerprint density at radius 3 is 2.44 bits per heavy atom. The first-order valence-corrected chi connectivity index (χ1v) is 14.4. The summed E-state index contributed by atoms with van der Waals surface area (Å²) in [5.74, 6) is -2.02. The van der Waals surface area contributed by atoms with E-state index in [1.807, 2.05) is 49.4 Å². The molecule has 1 amide bonds. The van der Waals surface area contributed by atoms with Gasteiger partial charge in [0.1, 0.15) is 29.6 Å². The Labute approximate surface area is 253 Å². The quantitative estimate of drug-likeness (QED) is 0.0764. The summed E-state index contributed by atoms with van der Waals surface area (Å²) in [6.45, 7) is 9.31. The van der Waals surface area contributed by atoms with E-state index in [1.54, 1.807) is 44.2 Å². The standard InChI is InChI=1S/C34H30N2O6S/c1-5-17-41-33(40)31-22(4)35-34(43-31)36-28(24-13-11-20(2)12-14-24)27(30(38)32(36)39)29(37)26-16-15-25(18-21(26)3)42-19-23-9-7-6-8-10-23/h5-16,18,28,37H,1,17,19H2,2-4H3/b29-27+. The van der Waals surface area contributed by atoms with Crippen LogP contribution in [0.15, 0.2) is 91.0 Å². The molecule has 4 aromatic rings. The van der Waals surface area contributed by atoms with E-state index in [2.05, 4.69) is 11.6 Å². The minimum Gasteiger partial charge on any atom is -0.507 e. The van der Waals surface area contributed by atoms with Gasteiger partial charge in [0.15, 0.2) is 5.13 Å². The number of aromatic nitrogens is 1. The molecule has 2 heterocycles. The Kier molecular flexibility index (Phi) is 8.54. The van der Waals surface area contributed by atoms with E-state index < -0.39 is 23.7 Å². The first-order chi connectivity index (χ1) is 20.7. The normalized spacial score (nSPS) is 15.9. The fraction of sp³-hybridized carbons (Fsp3) is 0.176. The van der Waals surface area contributed by atoms with Crippen LogP contribution in [0.5, 0.6) is 5.75 Å². The molecule has 0 saturated carbocycles. The van der Waals surface area contributed by atoms with Gasteiger partial charge in [-0.15, -0.1) is 0 Å². The lowest BCUT2D eigenvalue weighted by molar-refractivity contribution is -0.132. The highest BCUT2D eigenvalue weighted by Gasteiger charge is 2.48. The molecule has 1 saturated heterocycles. The van der Waals surface area contributed by atoms with Gasteiger partial charge < -0.3 is 14.6 Å². The summed E-state index contributed by atoms with van der Waals surface area (Å²) in [7, 11) is 0. The molecule has 1 aromatic heterocycles. The van der Waals surface area contributed by atoms with Crippen LogP contribution in [-0.2, 0) is 20.9 Å². The summed E-state index contributed by atoms with van der Waals surface area (Å²) in [6, 6.07) is 21.3. The topological polar surface area (TPSA) is 106 Å². The van der Waals surface area contributed by atoms with Gasteiger partial charge in [-0.25, -0.2) is 9.78 Å². The molecule has 0 spiro atoms. The number of nitrogens with zero attached hydrogens (tertiary/aromatic N) is 2. The molecule has 0 bridgehead atoms. The molecule has 1 N–H and O–H groups in total. The van der Waals surface area contributed by atoms with Crippen LogP contribution in [0.25, 0.3) is 5.76 Å². The molecule has 3 aromatic carbocycles. The number of rotatable bonds is 9. The molecule has 1 fully saturated rings. The number of carbonyl (C=O) groups is 3. The van der Waals surface area contributed by atoms with E-state index in [0.717, 1.165) is 22.5 Å². The third-order valence-corrected chi connectivity index (χ3v) is 8.18. The van der Waals surface area contributed by atoms with Gasteiger partial charge >= 0.3 is 11.9 Å². The average molecular weight is 595 g/mol. The van der Waals surface area contributed by atoms with Gasteiger partial charge in [0.05, 0.1) is 17.3 Å². The van der Waals surface area contributed by atoms with E-state index in [-0.39, 0.29) is 27.9 Å². The predicted octanol–water partition coefficient (Wildman–Crippen LogP) is 6.62. The smallest absolute Gasteiger partial charge is 0.350 e. The maximum Gasteiger partial charge on any atom is 0.350 e. The lowest BCUT2D eigenvalue weighted by atomic mass is 9.93. The summed E-state index contributed by atoms with van der Waals surface area (Å²) in [6.07, 6.45) is 1.45. The number of hydrogen-bond acceptors (Lipinski definition) is 8. The summed E-state index contributed by atoms with van der Waals surface area (Å²) >= 11 is 0.953. The Balaban J connectivity index is 1.55. The Hall–Kier alpha value is -5.02. The number of aliphatic hydroxyl groups is 1. The van der Waals surface area contributed by atoms with Crippen LogP contribution in [0.4, 0.5) is 5.13 Å². The van der Waals surface area contributed by atoms with E-state index in [0.29, 0.717) is 34.7 Å². The summed E-state index contributed by atoms with van der Waals surface area (Å²) < 4.78 is 11.1. The molecule has 1 unspecified atom stereocenters. The van der Waals surface area contributed by atoms with Crippen LogP contribution in [0, 0.1) is 20.8 Å². The predicted molar refractivity (Wildman–Crippen MR) is 165 cm³/mol. The van der Waals surface area contributed by atoms with Gasteiger partial charge in [0, 0.05) is 5.56 Å². The van der Waals surface area contributed by atoms with Crippen molar-refractivity contribution in [1.82, 2.24) is 4.98 Å². The zero-order valence-corrected chi connectivity index (χ0v) is 24.8. The second kappa shape index (κ2) is 12.5. The number of aryl methyl sites for hydroxylation is 3. The highest BCUT2D eigenvalue weighted by atomic mass is 32.1. The second-order valence-electron chi connectivity index (χ2n) is 10.1. The number of Topliss-reactive ketones (excluding diaryl/α,β-unsaturated/α-hetero) is 1. The zero-order valence-electron chi connectivity index (χ0n) is 24.0. The number of ketones is 1. The van der Waals surface area contributed by atoms with Gasteiger partial charge in [-0.3, -0.25) is 14.5 Å². The molecule has 9 heteroatoms. The maximum absolute atomic E-state index is 13.6. The van der Waals surface area contributed by atoms with E-state index >= 15 is 0 Å². The molecule has 1 atom stereocenters. The molecule has 0 aliphatic carbocycles. The number of hydrogen-bond donors (Lipinski definition) is 1. The fourth-order valence-corrected chi connectivity index (χ4v) is 5.83. The van der Waals surface area contributed by atoms with Crippen LogP contribution in [0.3, 0.4) is 0 Å². The first-order valence-electron chi connectivity index (χ1n) is 13.6. The number of aliphatic hydroxyl groups excluding tert-OH is 1. The molecule has 43 heavy (non-hydrogen) atoms. The van der Waals surface area contributed by atoms with Gasteiger partial charge in [0.25, 0.3) is 5.78 Å². The molecule has 1 aliphatic heterocycles. The summed E-state index contributed by atoms with van der Waals surface area (Å²) in [5.41, 5.74) is 3.95. The lowest BCUT2D eigenvalue weighted by Crippen LogP contribution is -2.29. The Bertz CT molecular complexity index is 1740. The Morgan fingerprint density at radius 1 is 1.05 bits per heavy atom. The van der Waals surface area contributed by atoms with Gasteiger partial charge in [-0.1, -0.05) is 84.2 Å². The number of benzene rings is 3.